The number of hydroxylamine groups is 2. The first-order valence-corrected chi connectivity index (χ1v) is 14.0. The van der Waals surface area contributed by atoms with Crippen LogP contribution in [-0.4, -0.2) is 93.0 Å². The molecule has 44 heavy (non-hydrogen) atoms. The Labute approximate surface area is 251 Å². The number of amides is 2. The molecule has 0 saturated carbocycles. The summed E-state index contributed by atoms with van der Waals surface area (Å²) in [6.45, 7) is 3.76. The van der Waals surface area contributed by atoms with Crippen LogP contribution in [0.1, 0.15) is 17.2 Å². The maximum Gasteiger partial charge on any atom is 0.320 e. The number of nitrogens with one attached hydrogen (secondary N) is 2. The summed E-state index contributed by atoms with van der Waals surface area (Å²) in [6.07, 6.45) is 2.06. The van der Waals surface area contributed by atoms with Crippen LogP contribution in [0, 0.1) is 18.8 Å². The SMILES string of the molecule is COCCN1C[C@@H](NC(=O)Nc2c(C)c(-c3cnc(N4CC(O)C4)nc3)nn2-c2ccccc2)[C@H](c2cc(F)nc(F)c2)O1. The van der Waals surface area contributed by atoms with Gasteiger partial charge in [0, 0.05) is 56.8 Å². The van der Waals surface area contributed by atoms with E-state index >= 15 is 0 Å². The summed E-state index contributed by atoms with van der Waals surface area (Å²) < 4.78 is 34.7. The number of carbonyl (C=O) groups excluding carboxylic acids is 1. The highest BCUT2D eigenvalue weighted by Crippen LogP contribution is 2.32. The predicted octanol–water partition coefficient (Wildman–Crippen LogP) is 2.62. The lowest BCUT2D eigenvalue weighted by Gasteiger charge is -2.35. The van der Waals surface area contributed by atoms with Crippen molar-refractivity contribution in [3.63, 3.8) is 0 Å². The van der Waals surface area contributed by atoms with E-state index in [0.29, 0.717) is 60.5 Å². The summed E-state index contributed by atoms with van der Waals surface area (Å²) >= 11 is 0. The van der Waals surface area contributed by atoms with Gasteiger partial charge in [-0.25, -0.2) is 19.4 Å². The van der Waals surface area contributed by atoms with E-state index < -0.39 is 30.1 Å². The van der Waals surface area contributed by atoms with E-state index in [0.717, 1.165) is 12.1 Å². The molecule has 13 nitrogen and oxygen atoms in total. The Balaban J connectivity index is 1.26. The largest absolute Gasteiger partial charge is 0.389 e. The van der Waals surface area contributed by atoms with Crippen molar-refractivity contribution in [2.24, 2.45) is 0 Å². The van der Waals surface area contributed by atoms with Crippen molar-refractivity contribution in [1.82, 2.24) is 35.1 Å². The first-order chi connectivity index (χ1) is 21.3. The molecule has 2 amide bonds. The molecular formula is C29H31F2N9O4. The number of aromatic nitrogens is 5. The monoisotopic (exact) mass is 607 g/mol. The third kappa shape index (κ3) is 6.21. The summed E-state index contributed by atoms with van der Waals surface area (Å²) in [5.74, 6) is -1.06. The van der Waals surface area contributed by atoms with Gasteiger partial charge in [0.25, 0.3) is 0 Å². The number of β-amino-alcohol motifs (C(OH)–C–C–N with tert-alkyl or cyclic N) is 1. The number of ether oxygens (including phenoxy) is 1. The Kier molecular flexibility index (Phi) is 8.43. The van der Waals surface area contributed by atoms with Gasteiger partial charge in [-0.15, -0.1) is 0 Å². The molecule has 0 bridgehead atoms. The molecule has 3 aromatic heterocycles. The molecule has 1 aromatic carbocycles. The van der Waals surface area contributed by atoms with E-state index in [1.165, 1.54) is 0 Å². The van der Waals surface area contributed by atoms with Crippen molar-refractivity contribution in [3.8, 4) is 16.9 Å². The van der Waals surface area contributed by atoms with Gasteiger partial charge in [-0.05, 0) is 36.8 Å². The molecule has 0 unspecified atom stereocenters. The summed E-state index contributed by atoms with van der Waals surface area (Å²) in [4.78, 5) is 33.4. The number of nitrogens with zero attached hydrogens (tertiary/aromatic N) is 7. The molecule has 2 fully saturated rings. The van der Waals surface area contributed by atoms with Crippen molar-refractivity contribution >= 4 is 17.8 Å². The third-order valence-corrected chi connectivity index (χ3v) is 7.42. The number of aliphatic hydroxyl groups excluding tert-OH is 1. The zero-order valence-corrected chi connectivity index (χ0v) is 24.0. The normalized spacial score (nSPS) is 18.8. The smallest absolute Gasteiger partial charge is 0.320 e. The minimum atomic E-state index is -0.989. The van der Waals surface area contributed by atoms with Gasteiger partial charge in [0.15, 0.2) is 0 Å². The van der Waals surface area contributed by atoms with Crippen molar-refractivity contribution in [2.75, 3.05) is 50.1 Å². The molecule has 2 saturated heterocycles. The molecule has 3 N–H and O–H groups in total. The van der Waals surface area contributed by atoms with Gasteiger partial charge in [0.1, 0.15) is 17.6 Å². The highest BCUT2D eigenvalue weighted by molar-refractivity contribution is 5.91. The minimum absolute atomic E-state index is 0.198. The number of para-hydroxylation sites is 1. The number of pyridine rings is 1. The summed E-state index contributed by atoms with van der Waals surface area (Å²) in [5, 5.41) is 21.8. The maximum absolute atomic E-state index is 14.0. The number of carbonyl (C=O) groups is 1. The number of benzene rings is 1. The van der Waals surface area contributed by atoms with Gasteiger partial charge >= 0.3 is 6.03 Å². The van der Waals surface area contributed by atoms with Crippen molar-refractivity contribution in [2.45, 2.75) is 25.2 Å². The zero-order valence-electron chi connectivity index (χ0n) is 24.0. The van der Waals surface area contributed by atoms with Crippen molar-refractivity contribution in [1.29, 1.82) is 0 Å². The van der Waals surface area contributed by atoms with Crippen LogP contribution < -0.4 is 15.5 Å². The quantitative estimate of drug-likeness (QED) is 0.243. The Hall–Kier alpha value is -4.57. The van der Waals surface area contributed by atoms with Crippen LogP contribution in [0.3, 0.4) is 0 Å². The first kappa shape index (κ1) is 29.5. The van der Waals surface area contributed by atoms with E-state index in [1.54, 1.807) is 29.2 Å². The highest BCUT2D eigenvalue weighted by Gasteiger charge is 2.37. The molecule has 2 atom stereocenters. The van der Waals surface area contributed by atoms with Gasteiger partial charge in [0.05, 0.1) is 24.4 Å². The number of halogens is 2. The van der Waals surface area contributed by atoms with E-state index in [1.807, 2.05) is 42.2 Å². The molecule has 0 radical (unpaired) electrons. The zero-order chi connectivity index (χ0) is 30.8. The molecule has 2 aliphatic rings. The number of anilines is 2. The van der Waals surface area contributed by atoms with Gasteiger partial charge in [-0.2, -0.15) is 23.9 Å². The van der Waals surface area contributed by atoms with Crippen LogP contribution in [0.15, 0.2) is 54.9 Å². The average molecular weight is 608 g/mol. The summed E-state index contributed by atoms with van der Waals surface area (Å²) in [6, 6.07) is 10.2. The van der Waals surface area contributed by atoms with E-state index in [4.69, 9.17) is 14.7 Å². The van der Waals surface area contributed by atoms with Crippen LogP contribution >= 0.6 is 0 Å². The fraction of sp³-hybridized carbons (Fsp3) is 0.345. The second-order valence-corrected chi connectivity index (χ2v) is 10.6. The molecular weight excluding hydrogens is 576 g/mol. The van der Waals surface area contributed by atoms with Gasteiger partial charge in [0.2, 0.25) is 17.8 Å². The van der Waals surface area contributed by atoms with E-state index in [9.17, 15) is 18.7 Å². The lowest BCUT2D eigenvalue weighted by molar-refractivity contribution is -0.154. The van der Waals surface area contributed by atoms with E-state index in [2.05, 4.69) is 25.6 Å². The lowest BCUT2D eigenvalue weighted by Crippen LogP contribution is -2.51. The molecule has 5 heterocycles. The number of aliphatic hydroxyl groups is 1. The van der Waals surface area contributed by atoms with Crippen molar-refractivity contribution < 1.29 is 28.3 Å². The Morgan fingerprint density at radius 3 is 2.48 bits per heavy atom. The molecule has 6 rings (SSSR count). The second kappa shape index (κ2) is 12.6. The molecule has 4 aromatic rings. The fourth-order valence-corrected chi connectivity index (χ4v) is 5.20. The number of urea groups is 1. The number of methoxy groups -OCH3 is 1. The van der Waals surface area contributed by atoms with Crippen LogP contribution in [0.2, 0.25) is 0 Å². The maximum atomic E-state index is 14.0. The van der Waals surface area contributed by atoms with Crippen LogP contribution in [0.4, 0.5) is 25.3 Å². The number of rotatable bonds is 9. The lowest BCUT2D eigenvalue weighted by atomic mass is 10.0. The first-order valence-electron chi connectivity index (χ1n) is 14.0. The fourth-order valence-electron chi connectivity index (χ4n) is 5.20. The molecule has 2 aliphatic heterocycles. The van der Waals surface area contributed by atoms with E-state index in [-0.39, 0.29) is 18.2 Å². The minimum Gasteiger partial charge on any atom is -0.389 e. The third-order valence-electron chi connectivity index (χ3n) is 7.42. The average Bonchev–Trinajstić information content (AvgIpc) is 3.54. The van der Waals surface area contributed by atoms with Crippen LogP contribution in [0.5, 0.6) is 0 Å². The predicted molar refractivity (Wildman–Crippen MR) is 155 cm³/mol. The number of hydrogen-bond donors (Lipinski definition) is 3. The Morgan fingerprint density at radius 1 is 1.11 bits per heavy atom. The van der Waals surface area contributed by atoms with Crippen molar-refractivity contribution in [3.05, 3.63) is 77.9 Å². The standard InChI is InChI=1S/C29H31F2N9O4/c1-17-25(19-12-32-28(33-13-19)38-14-21(41)15-38)37-40(20-6-4-3-5-7-20)27(17)36-29(42)34-22-16-39(8-9-43-2)44-26(22)18-10-23(30)35-24(31)11-18/h3-7,10-13,21-22,26,41H,8-9,14-16H2,1-2H3,(H2,34,36,42)/t22-,26+/m1/s1. The highest BCUT2D eigenvalue weighted by atomic mass is 19.1. The van der Waals surface area contributed by atoms with Gasteiger partial charge < -0.3 is 20.1 Å². The van der Waals surface area contributed by atoms with Crippen LogP contribution in [-0.2, 0) is 9.57 Å². The topological polar surface area (TPSA) is 143 Å². The molecule has 0 spiro atoms. The van der Waals surface area contributed by atoms with Gasteiger partial charge in [-0.1, -0.05) is 18.2 Å². The van der Waals surface area contributed by atoms with Crippen LogP contribution in [0.25, 0.3) is 16.9 Å². The molecule has 0 aliphatic carbocycles. The second-order valence-electron chi connectivity index (χ2n) is 10.6. The number of hydrogen-bond acceptors (Lipinski definition) is 10. The van der Waals surface area contributed by atoms with Gasteiger partial charge in [-0.3, -0.25) is 10.2 Å². The molecule has 15 heteroatoms. The summed E-state index contributed by atoms with van der Waals surface area (Å²) in [7, 11) is 1.55. The Morgan fingerprint density at radius 2 is 1.82 bits per heavy atom. The summed E-state index contributed by atoms with van der Waals surface area (Å²) in [5.41, 5.74) is 2.78. The Bertz CT molecular complexity index is 1600. The molecule has 230 valence electrons.